The van der Waals surface area contributed by atoms with E-state index in [-0.39, 0.29) is 18.5 Å². The van der Waals surface area contributed by atoms with E-state index in [1.165, 1.54) is 9.80 Å². The number of nitrogens with zero attached hydrogens (tertiary/aromatic N) is 2. The first-order valence-corrected chi connectivity index (χ1v) is 5.04. The molecule has 2 amide bonds. The molecule has 0 unspecified atom stereocenters. The van der Waals surface area contributed by atoms with Crippen molar-refractivity contribution in [2.75, 3.05) is 6.67 Å². The minimum absolute atomic E-state index is 0. The van der Waals surface area contributed by atoms with Gasteiger partial charge in [-0.1, -0.05) is 0 Å². The van der Waals surface area contributed by atoms with Crippen molar-refractivity contribution in [3.05, 3.63) is 0 Å². The van der Waals surface area contributed by atoms with E-state index in [4.69, 9.17) is 0 Å². The van der Waals surface area contributed by atoms with Gasteiger partial charge in [-0.25, -0.2) is 0 Å². The molecule has 2 fully saturated rings. The molecule has 0 saturated carbocycles. The average Bonchev–Trinajstić information content (AvgIpc) is 2.67. The molecule has 0 spiro atoms. The van der Waals surface area contributed by atoms with E-state index in [0.29, 0.717) is 25.7 Å². The van der Waals surface area contributed by atoms with Gasteiger partial charge in [0.1, 0.15) is 19.1 Å². The van der Waals surface area contributed by atoms with E-state index in [0.717, 1.165) is 0 Å². The van der Waals surface area contributed by atoms with Crippen LogP contribution in [0.25, 0.3) is 0 Å². The number of aliphatic hydroxyl groups excluding tert-OH is 2. The lowest BCUT2D eigenvalue weighted by atomic mass is 10.4. The van der Waals surface area contributed by atoms with Gasteiger partial charge in [0.05, 0.1) is 0 Å². The van der Waals surface area contributed by atoms with Crippen molar-refractivity contribution in [3.63, 3.8) is 0 Å². The van der Waals surface area contributed by atoms with Crippen LogP contribution in [0.1, 0.15) is 25.7 Å². The smallest absolute Gasteiger partial charge is 0.226 e. The Kier molecular flexibility index (Phi) is 2.62. The molecule has 0 aliphatic carbocycles. The van der Waals surface area contributed by atoms with Crippen molar-refractivity contribution in [2.24, 2.45) is 0 Å². The Hall–Kier alpha value is -1.14. The molecule has 0 aromatic heterocycles. The topological polar surface area (TPSA) is 81.1 Å². The van der Waals surface area contributed by atoms with E-state index in [1.807, 2.05) is 0 Å². The van der Waals surface area contributed by atoms with Crippen LogP contribution in [-0.2, 0) is 9.59 Å². The molecule has 2 atom stereocenters. The fourth-order valence-electron chi connectivity index (χ4n) is 1.95. The summed E-state index contributed by atoms with van der Waals surface area (Å²) in [5.74, 6) is -0.344. The van der Waals surface area contributed by atoms with Crippen molar-refractivity contribution >= 4 is 11.8 Å². The summed E-state index contributed by atoms with van der Waals surface area (Å²) in [6, 6.07) is 0. The monoisotopic (exact) mass is 214 g/mol. The predicted octanol–water partition coefficient (Wildman–Crippen LogP) is -1.17. The van der Waals surface area contributed by atoms with Crippen LogP contribution in [0.4, 0.5) is 0 Å². The van der Waals surface area contributed by atoms with E-state index in [9.17, 15) is 19.8 Å². The third-order valence-electron chi connectivity index (χ3n) is 2.90. The van der Waals surface area contributed by atoms with Gasteiger partial charge in [-0.05, 0) is 0 Å². The zero-order chi connectivity index (χ0) is 11.0. The molecule has 2 rings (SSSR count). The molecule has 84 valence electrons. The van der Waals surface area contributed by atoms with Crippen LogP contribution in [0.2, 0.25) is 0 Å². The van der Waals surface area contributed by atoms with E-state index >= 15 is 0 Å². The van der Waals surface area contributed by atoms with Crippen molar-refractivity contribution < 1.29 is 19.8 Å². The van der Waals surface area contributed by atoms with Crippen LogP contribution < -0.4 is 0 Å². The van der Waals surface area contributed by atoms with Crippen molar-refractivity contribution in [2.45, 2.75) is 38.1 Å². The summed E-state index contributed by atoms with van der Waals surface area (Å²) in [6.07, 6.45) is -0.233. The summed E-state index contributed by atoms with van der Waals surface area (Å²) >= 11 is 0. The van der Waals surface area contributed by atoms with E-state index in [2.05, 4.69) is 0 Å². The lowest BCUT2D eigenvalue weighted by molar-refractivity contribution is -0.146. The molecule has 2 heterocycles. The third kappa shape index (κ3) is 1.82. The fraction of sp³-hybridized carbons (Fsp3) is 0.778. The molecule has 2 N–H and O–H groups in total. The number of rotatable bonds is 2. The lowest BCUT2D eigenvalue weighted by Gasteiger charge is -2.28. The van der Waals surface area contributed by atoms with Gasteiger partial charge in [-0.15, -0.1) is 0 Å². The molecule has 2 saturated heterocycles. The SMILES string of the molecule is O=C1CC[C@@H](O)N1CN1C(=O)CC[C@@H]1O. The normalized spacial score (nSPS) is 31.9. The average molecular weight is 214 g/mol. The minimum atomic E-state index is -0.821. The first-order valence-electron chi connectivity index (χ1n) is 5.04. The van der Waals surface area contributed by atoms with E-state index < -0.39 is 12.5 Å². The number of carbonyl (C=O) groups excluding carboxylic acids is 2. The van der Waals surface area contributed by atoms with Crippen molar-refractivity contribution in [3.8, 4) is 0 Å². The highest BCUT2D eigenvalue weighted by Gasteiger charge is 2.36. The molecule has 0 aromatic carbocycles. The molecule has 6 heteroatoms. The van der Waals surface area contributed by atoms with Crippen LogP contribution >= 0.6 is 0 Å². The summed E-state index contributed by atoms with van der Waals surface area (Å²) in [5.41, 5.74) is 0. The minimum Gasteiger partial charge on any atom is -0.373 e. The lowest BCUT2D eigenvalue weighted by Crippen LogP contribution is -2.46. The molecular formula is C9H14N2O4. The standard InChI is InChI=1S/C9H14N2O4/c12-6-1-2-7(13)10(6)5-11-8(14)3-4-9(11)15/h6,8,12,14H,1-5H2/t6-,8+. The predicted molar refractivity (Wildman–Crippen MR) is 49.0 cm³/mol. The summed E-state index contributed by atoms with van der Waals surface area (Å²) in [7, 11) is 0. The quantitative estimate of drug-likeness (QED) is 0.606. The van der Waals surface area contributed by atoms with Crippen molar-refractivity contribution in [1.29, 1.82) is 0 Å². The van der Waals surface area contributed by atoms with Gasteiger partial charge in [0.2, 0.25) is 11.8 Å². The highest BCUT2D eigenvalue weighted by Crippen LogP contribution is 2.21. The maximum Gasteiger partial charge on any atom is 0.226 e. The van der Waals surface area contributed by atoms with Crippen LogP contribution in [0.3, 0.4) is 0 Å². The van der Waals surface area contributed by atoms with Gasteiger partial charge in [0, 0.05) is 25.7 Å². The molecule has 0 aromatic rings. The highest BCUT2D eigenvalue weighted by atomic mass is 16.3. The van der Waals surface area contributed by atoms with Gasteiger partial charge >= 0.3 is 0 Å². The molecular weight excluding hydrogens is 200 g/mol. The fourth-order valence-corrected chi connectivity index (χ4v) is 1.95. The van der Waals surface area contributed by atoms with Crippen LogP contribution in [0.5, 0.6) is 0 Å². The van der Waals surface area contributed by atoms with Gasteiger partial charge in [0.15, 0.2) is 0 Å². The summed E-state index contributed by atoms with van der Waals surface area (Å²) in [6.45, 7) is 0. The van der Waals surface area contributed by atoms with Crippen LogP contribution in [-0.4, -0.2) is 51.0 Å². The molecule has 15 heavy (non-hydrogen) atoms. The second-order valence-electron chi connectivity index (χ2n) is 3.91. The maximum absolute atomic E-state index is 11.3. The second-order valence-corrected chi connectivity index (χ2v) is 3.91. The van der Waals surface area contributed by atoms with E-state index in [1.54, 1.807) is 0 Å². The Bertz CT molecular complexity index is 266. The summed E-state index contributed by atoms with van der Waals surface area (Å²) in [5, 5.41) is 19.0. The van der Waals surface area contributed by atoms with Gasteiger partial charge in [-0.3, -0.25) is 19.4 Å². The van der Waals surface area contributed by atoms with Gasteiger partial charge < -0.3 is 10.2 Å². The number of hydrogen-bond donors (Lipinski definition) is 2. The molecule has 2 aliphatic heterocycles. The number of hydrogen-bond acceptors (Lipinski definition) is 4. The Morgan fingerprint density at radius 3 is 1.67 bits per heavy atom. The first kappa shape index (κ1) is 10.4. The molecule has 0 bridgehead atoms. The summed E-state index contributed by atoms with van der Waals surface area (Å²) < 4.78 is 0. The largest absolute Gasteiger partial charge is 0.373 e. The number of carbonyl (C=O) groups is 2. The van der Waals surface area contributed by atoms with Gasteiger partial charge in [-0.2, -0.15) is 0 Å². The zero-order valence-electron chi connectivity index (χ0n) is 8.30. The van der Waals surface area contributed by atoms with Crippen molar-refractivity contribution in [1.82, 2.24) is 9.80 Å². The maximum atomic E-state index is 11.3. The Morgan fingerprint density at radius 1 is 1.00 bits per heavy atom. The number of amides is 2. The van der Waals surface area contributed by atoms with Crippen LogP contribution in [0.15, 0.2) is 0 Å². The number of likely N-dealkylation sites (tertiary alicyclic amines) is 2. The first-order chi connectivity index (χ1) is 7.09. The van der Waals surface area contributed by atoms with Gasteiger partial charge in [0.25, 0.3) is 0 Å². The Morgan fingerprint density at radius 2 is 1.40 bits per heavy atom. The highest BCUT2D eigenvalue weighted by molar-refractivity contribution is 5.81. The summed E-state index contributed by atoms with van der Waals surface area (Å²) in [4.78, 5) is 25.1. The molecule has 0 radical (unpaired) electrons. The number of aliphatic hydroxyl groups is 2. The Balaban J connectivity index is 2.01. The molecule has 2 aliphatic rings. The molecule has 6 nitrogen and oxygen atoms in total. The zero-order valence-corrected chi connectivity index (χ0v) is 8.30. The van der Waals surface area contributed by atoms with Crippen LogP contribution in [0, 0.1) is 0 Å². The second kappa shape index (κ2) is 3.79. The third-order valence-corrected chi connectivity index (χ3v) is 2.90. The Labute approximate surface area is 87.1 Å².